The Kier molecular flexibility index (Phi) is 4.73. The lowest BCUT2D eigenvalue weighted by molar-refractivity contribution is -0.141. The van der Waals surface area contributed by atoms with E-state index in [4.69, 9.17) is 4.74 Å². The van der Waals surface area contributed by atoms with Crippen molar-refractivity contribution in [3.8, 4) is 0 Å². The van der Waals surface area contributed by atoms with Gasteiger partial charge in [-0.25, -0.2) is 4.98 Å². The van der Waals surface area contributed by atoms with Gasteiger partial charge in [0.1, 0.15) is 5.69 Å². The maximum atomic E-state index is 12.3. The topological polar surface area (TPSA) is 22.1 Å². The van der Waals surface area contributed by atoms with Gasteiger partial charge in [0.05, 0.1) is 0 Å². The van der Waals surface area contributed by atoms with Crippen LogP contribution in [-0.2, 0) is 17.3 Å². The van der Waals surface area contributed by atoms with Crippen molar-refractivity contribution in [2.24, 2.45) is 0 Å². The van der Waals surface area contributed by atoms with Crippen molar-refractivity contribution in [2.45, 2.75) is 25.9 Å². The summed E-state index contributed by atoms with van der Waals surface area (Å²) in [5.41, 5.74) is -0.379. The zero-order chi connectivity index (χ0) is 12.0. The molecule has 1 rings (SSSR count). The highest BCUT2D eigenvalue weighted by molar-refractivity contribution is 5.13. The van der Waals surface area contributed by atoms with Gasteiger partial charge in [-0.1, -0.05) is 6.07 Å². The highest BCUT2D eigenvalue weighted by Gasteiger charge is 2.32. The number of nitrogens with zero attached hydrogens (tertiary/aromatic N) is 1. The molecule has 90 valence electrons. The molecule has 0 bridgehead atoms. The molecular weight excluding hydrogens is 219 g/mol. The second-order valence-electron chi connectivity index (χ2n) is 3.31. The molecule has 0 unspecified atom stereocenters. The number of alkyl halides is 3. The summed E-state index contributed by atoms with van der Waals surface area (Å²) >= 11 is 0. The Hall–Kier alpha value is -1.10. The minimum Gasteiger partial charge on any atom is -0.382 e. The second kappa shape index (κ2) is 5.84. The lowest BCUT2D eigenvalue weighted by Crippen LogP contribution is -2.09. The first-order chi connectivity index (χ1) is 7.54. The Labute approximate surface area is 92.5 Å². The van der Waals surface area contributed by atoms with Crippen LogP contribution >= 0.6 is 0 Å². The summed E-state index contributed by atoms with van der Waals surface area (Å²) in [6.45, 7) is 3.05. The van der Waals surface area contributed by atoms with Crippen LogP contribution in [0, 0.1) is 0 Å². The van der Waals surface area contributed by atoms with Crippen LogP contribution < -0.4 is 0 Å². The number of hydrogen-bond donors (Lipinski definition) is 0. The molecule has 0 amide bonds. The molecule has 0 fully saturated rings. The molecule has 0 saturated carbocycles. The predicted molar refractivity (Wildman–Crippen MR) is 54.1 cm³/mol. The van der Waals surface area contributed by atoms with E-state index in [0.717, 1.165) is 6.07 Å². The van der Waals surface area contributed by atoms with E-state index < -0.39 is 11.9 Å². The normalized spacial score (nSPS) is 11.8. The molecule has 1 aromatic rings. The molecule has 0 radical (unpaired) electrons. The van der Waals surface area contributed by atoms with E-state index in [2.05, 4.69) is 4.98 Å². The summed E-state index contributed by atoms with van der Waals surface area (Å²) in [5, 5.41) is 0. The smallest absolute Gasteiger partial charge is 0.382 e. The third-order valence-electron chi connectivity index (χ3n) is 2.02. The predicted octanol–water partition coefficient (Wildman–Crippen LogP) is 3.07. The molecule has 1 aromatic heterocycles. The maximum Gasteiger partial charge on any atom is 0.433 e. The molecule has 0 saturated heterocycles. The number of hydrogen-bond acceptors (Lipinski definition) is 2. The third-order valence-corrected chi connectivity index (χ3v) is 2.02. The van der Waals surface area contributed by atoms with E-state index in [1.54, 1.807) is 6.07 Å². The van der Waals surface area contributed by atoms with E-state index in [1.807, 2.05) is 6.92 Å². The number of ether oxygens (including phenoxy) is 1. The lowest BCUT2D eigenvalue weighted by atomic mass is 10.2. The molecule has 0 aliphatic rings. The zero-order valence-corrected chi connectivity index (χ0v) is 9.05. The van der Waals surface area contributed by atoms with Gasteiger partial charge in [-0.15, -0.1) is 0 Å². The van der Waals surface area contributed by atoms with Crippen LogP contribution in [0.1, 0.15) is 24.7 Å². The summed E-state index contributed by atoms with van der Waals surface area (Å²) in [5.74, 6) is 0. The van der Waals surface area contributed by atoms with Gasteiger partial charge in [0.25, 0.3) is 0 Å². The number of pyridine rings is 1. The second-order valence-corrected chi connectivity index (χ2v) is 3.31. The van der Waals surface area contributed by atoms with Gasteiger partial charge in [-0.05, 0) is 31.9 Å². The van der Waals surface area contributed by atoms with Gasteiger partial charge in [0, 0.05) is 18.9 Å². The van der Waals surface area contributed by atoms with Gasteiger partial charge in [-0.2, -0.15) is 13.2 Å². The summed E-state index contributed by atoms with van der Waals surface area (Å²) in [6, 6.07) is 3.96. The van der Waals surface area contributed by atoms with Crippen molar-refractivity contribution in [3.05, 3.63) is 29.6 Å². The van der Waals surface area contributed by atoms with Crippen molar-refractivity contribution in [2.75, 3.05) is 13.2 Å². The van der Waals surface area contributed by atoms with Crippen LogP contribution in [0.3, 0.4) is 0 Å². The molecule has 0 aliphatic carbocycles. The SMILES string of the molecule is CCOCCCc1cccc(C(F)(F)F)n1. The van der Waals surface area contributed by atoms with E-state index in [1.165, 1.54) is 6.07 Å². The standard InChI is InChI=1S/C11H14F3NO/c1-2-16-8-4-6-9-5-3-7-10(15-9)11(12,13)14/h3,5,7H,2,4,6,8H2,1H3. The largest absolute Gasteiger partial charge is 0.433 e. The number of halogens is 3. The first-order valence-electron chi connectivity index (χ1n) is 5.15. The number of aryl methyl sites for hydroxylation is 1. The van der Waals surface area contributed by atoms with Crippen molar-refractivity contribution in [1.29, 1.82) is 0 Å². The van der Waals surface area contributed by atoms with Gasteiger partial charge in [0.2, 0.25) is 0 Å². The quantitative estimate of drug-likeness (QED) is 0.729. The van der Waals surface area contributed by atoms with Gasteiger partial charge in [0.15, 0.2) is 0 Å². The van der Waals surface area contributed by atoms with Crippen molar-refractivity contribution >= 4 is 0 Å². The highest BCUT2D eigenvalue weighted by Crippen LogP contribution is 2.27. The Balaban J connectivity index is 2.54. The molecule has 2 nitrogen and oxygen atoms in total. The fourth-order valence-corrected chi connectivity index (χ4v) is 1.28. The van der Waals surface area contributed by atoms with Gasteiger partial charge >= 0.3 is 6.18 Å². The fraction of sp³-hybridized carbons (Fsp3) is 0.545. The Morgan fingerprint density at radius 3 is 2.69 bits per heavy atom. The molecule has 0 N–H and O–H groups in total. The van der Waals surface area contributed by atoms with Crippen molar-refractivity contribution in [3.63, 3.8) is 0 Å². The average molecular weight is 233 g/mol. The molecule has 5 heteroatoms. The Morgan fingerprint density at radius 1 is 1.31 bits per heavy atom. The Bertz CT molecular complexity index is 325. The molecule has 0 atom stereocenters. The van der Waals surface area contributed by atoms with Crippen LogP contribution in [0.2, 0.25) is 0 Å². The van der Waals surface area contributed by atoms with E-state index in [-0.39, 0.29) is 0 Å². The van der Waals surface area contributed by atoms with Crippen molar-refractivity contribution < 1.29 is 17.9 Å². The maximum absolute atomic E-state index is 12.3. The van der Waals surface area contributed by atoms with Crippen molar-refractivity contribution in [1.82, 2.24) is 4.98 Å². The number of rotatable bonds is 5. The van der Waals surface area contributed by atoms with Crippen LogP contribution in [-0.4, -0.2) is 18.2 Å². The Morgan fingerprint density at radius 2 is 2.06 bits per heavy atom. The fourth-order valence-electron chi connectivity index (χ4n) is 1.28. The third kappa shape index (κ3) is 4.18. The van der Waals surface area contributed by atoms with Crippen LogP contribution in [0.5, 0.6) is 0 Å². The van der Waals surface area contributed by atoms with E-state index in [0.29, 0.717) is 31.7 Å². The monoisotopic (exact) mass is 233 g/mol. The summed E-state index contributed by atoms with van der Waals surface area (Å²) in [4.78, 5) is 3.56. The molecule has 0 spiro atoms. The van der Waals surface area contributed by atoms with Gasteiger partial charge in [-0.3, -0.25) is 0 Å². The van der Waals surface area contributed by atoms with Gasteiger partial charge < -0.3 is 4.74 Å². The summed E-state index contributed by atoms with van der Waals surface area (Å²) < 4.78 is 42.1. The molecular formula is C11H14F3NO. The molecule has 16 heavy (non-hydrogen) atoms. The van der Waals surface area contributed by atoms with Crippen LogP contribution in [0.25, 0.3) is 0 Å². The van der Waals surface area contributed by atoms with Crippen LogP contribution in [0.4, 0.5) is 13.2 Å². The first kappa shape index (κ1) is 13.0. The minimum absolute atomic E-state index is 0.453. The molecule has 1 heterocycles. The van der Waals surface area contributed by atoms with Crippen LogP contribution in [0.15, 0.2) is 18.2 Å². The summed E-state index contributed by atoms with van der Waals surface area (Å²) in [7, 11) is 0. The minimum atomic E-state index is -4.37. The summed E-state index contributed by atoms with van der Waals surface area (Å²) in [6.07, 6.45) is -3.18. The van der Waals surface area contributed by atoms with E-state index >= 15 is 0 Å². The lowest BCUT2D eigenvalue weighted by Gasteiger charge is -2.07. The molecule has 0 aromatic carbocycles. The average Bonchev–Trinajstić information content (AvgIpc) is 2.24. The molecule has 0 aliphatic heterocycles. The zero-order valence-electron chi connectivity index (χ0n) is 9.05. The number of aromatic nitrogens is 1. The highest BCUT2D eigenvalue weighted by atomic mass is 19.4. The first-order valence-corrected chi connectivity index (χ1v) is 5.15. The van der Waals surface area contributed by atoms with E-state index in [9.17, 15) is 13.2 Å².